The molecule has 0 radical (unpaired) electrons. The molecule has 0 amide bonds. The molecule has 0 bridgehead atoms. The van der Waals surface area contributed by atoms with Gasteiger partial charge in [-0.2, -0.15) is 0 Å². The van der Waals surface area contributed by atoms with Crippen LogP contribution in [0.3, 0.4) is 0 Å². The third-order valence-corrected chi connectivity index (χ3v) is 4.04. The Kier molecular flexibility index (Phi) is 7.22. The lowest BCUT2D eigenvalue weighted by Crippen LogP contribution is -2.11. The third-order valence-electron chi connectivity index (χ3n) is 4.04. The van der Waals surface area contributed by atoms with Crippen LogP contribution in [0.5, 0.6) is 5.75 Å². The van der Waals surface area contributed by atoms with Crippen LogP contribution in [0.15, 0.2) is 91.0 Å². The second-order valence-corrected chi connectivity index (χ2v) is 6.27. The zero-order chi connectivity index (χ0) is 18.7. The van der Waals surface area contributed by atoms with Crippen LogP contribution in [0.1, 0.15) is 16.7 Å². The van der Waals surface area contributed by atoms with E-state index in [0.29, 0.717) is 13.2 Å². The molecule has 27 heavy (non-hydrogen) atoms. The van der Waals surface area contributed by atoms with Crippen molar-refractivity contribution in [1.82, 2.24) is 0 Å². The van der Waals surface area contributed by atoms with E-state index in [4.69, 9.17) is 9.47 Å². The first-order chi connectivity index (χ1) is 13.3. The van der Waals surface area contributed by atoms with Gasteiger partial charge in [-0.3, -0.25) is 0 Å². The van der Waals surface area contributed by atoms with Gasteiger partial charge in [0.15, 0.2) is 0 Å². The number of hydrogen-bond acceptors (Lipinski definition) is 3. The van der Waals surface area contributed by atoms with Gasteiger partial charge in [-0.25, -0.2) is 0 Å². The Morgan fingerprint density at radius 1 is 0.741 bits per heavy atom. The lowest BCUT2D eigenvalue weighted by molar-refractivity contribution is 0.0507. The zero-order valence-corrected chi connectivity index (χ0v) is 15.2. The highest BCUT2D eigenvalue weighted by Gasteiger charge is 2.00. The standard InChI is InChI=1S/C24H24O3/c25-23(19-26-17-21-7-3-1-4-8-21)14-11-20-12-15-24(16-13-20)27-18-22-9-5-2-6-10-22/h1-16,23,25H,17-19H2/t23-/m1/s1. The summed E-state index contributed by atoms with van der Waals surface area (Å²) in [5.41, 5.74) is 3.24. The van der Waals surface area contributed by atoms with E-state index < -0.39 is 6.10 Å². The monoisotopic (exact) mass is 360 g/mol. The summed E-state index contributed by atoms with van der Waals surface area (Å²) in [4.78, 5) is 0. The minimum absolute atomic E-state index is 0.268. The lowest BCUT2D eigenvalue weighted by Gasteiger charge is -2.08. The SMILES string of the molecule is O[C@H](C=Cc1ccc(OCc2ccccc2)cc1)COCc1ccccc1. The molecule has 0 saturated heterocycles. The number of aliphatic hydroxyl groups is 1. The molecule has 0 aliphatic rings. The number of ether oxygens (including phenoxy) is 2. The fourth-order valence-corrected chi connectivity index (χ4v) is 2.57. The zero-order valence-electron chi connectivity index (χ0n) is 15.2. The van der Waals surface area contributed by atoms with Crippen LogP contribution in [-0.4, -0.2) is 17.8 Å². The molecule has 0 aliphatic carbocycles. The van der Waals surface area contributed by atoms with E-state index in [0.717, 1.165) is 22.4 Å². The first-order valence-corrected chi connectivity index (χ1v) is 9.04. The van der Waals surface area contributed by atoms with E-state index in [1.807, 2.05) is 91.0 Å². The van der Waals surface area contributed by atoms with Crippen LogP contribution in [0.2, 0.25) is 0 Å². The number of hydrogen-bond donors (Lipinski definition) is 1. The summed E-state index contributed by atoms with van der Waals surface area (Å²) in [6.07, 6.45) is 2.99. The van der Waals surface area contributed by atoms with Gasteiger partial charge >= 0.3 is 0 Å². The smallest absolute Gasteiger partial charge is 0.119 e. The van der Waals surface area contributed by atoms with Crippen LogP contribution in [0.25, 0.3) is 6.08 Å². The summed E-state index contributed by atoms with van der Waals surface area (Å²) in [5.74, 6) is 0.822. The van der Waals surface area contributed by atoms with Crippen LogP contribution in [-0.2, 0) is 18.0 Å². The van der Waals surface area contributed by atoms with Crippen LogP contribution < -0.4 is 4.74 Å². The molecule has 0 aliphatic heterocycles. The Morgan fingerprint density at radius 2 is 1.33 bits per heavy atom. The third kappa shape index (κ3) is 6.74. The topological polar surface area (TPSA) is 38.7 Å². The van der Waals surface area contributed by atoms with Gasteiger partial charge in [-0.1, -0.05) is 84.9 Å². The highest BCUT2D eigenvalue weighted by Crippen LogP contribution is 2.15. The fourth-order valence-electron chi connectivity index (χ4n) is 2.57. The predicted molar refractivity (Wildman–Crippen MR) is 108 cm³/mol. The van der Waals surface area contributed by atoms with Gasteiger partial charge in [0.05, 0.1) is 19.3 Å². The molecule has 3 aromatic carbocycles. The highest BCUT2D eigenvalue weighted by molar-refractivity contribution is 5.51. The number of benzene rings is 3. The Balaban J connectivity index is 1.41. The Labute approximate surface area is 160 Å². The fraction of sp³-hybridized carbons (Fsp3) is 0.167. The summed E-state index contributed by atoms with van der Waals surface area (Å²) in [6.45, 7) is 1.32. The molecule has 3 aromatic rings. The van der Waals surface area contributed by atoms with E-state index in [1.165, 1.54) is 0 Å². The molecule has 0 aromatic heterocycles. The summed E-state index contributed by atoms with van der Waals surface area (Å²) >= 11 is 0. The van der Waals surface area contributed by atoms with Gasteiger partial charge in [0, 0.05) is 0 Å². The van der Waals surface area contributed by atoms with Gasteiger partial charge in [0.25, 0.3) is 0 Å². The average molecular weight is 360 g/mol. The molecule has 138 valence electrons. The maximum absolute atomic E-state index is 10.0. The van der Waals surface area contributed by atoms with Gasteiger partial charge in [0.2, 0.25) is 0 Å². The largest absolute Gasteiger partial charge is 0.489 e. The molecular formula is C24H24O3. The summed E-state index contributed by atoms with van der Waals surface area (Å²) in [7, 11) is 0. The van der Waals surface area contributed by atoms with Gasteiger partial charge in [0.1, 0.15) is 12.4 Å². The lowest BCUT2D eigenvalue weighted by atomic mass is 10.2. The maximum atomic E-state index is 10.0. The first-order valence-electron chi connectivity index (χ1n) is 9.04. The van der Waals surface area contributed by atoms with E-state index in [2.05, 4.69) is 0 Å². The molecule has 3 heteroatoms. The Hall–Kier alpha value is -2.88. The van der Waals surface area contributed by atoms with Crippen molar-refractivity contribution in [3.63, 3.8) is 0 Å². The quantitative estimate of drug-likeness (QED) is 0.592. The van der Waals surface area contributed by atoms with Gasteiger partial charge < -0.3 is 14.6 Å². The first kappa shape index (κ1) is 18.9. The molecule has 0 unspecified atom stereocenters. The summed E-state index contributed by atoms with van der Waals surface area (Å²) in [5, 5.41) is 10.0. The Morgan fingerprint density at radius 3 is 1.96 bits per heavy atom. The number of aliphatic hydroxyl groups excluding tert-OH is 1. The molecular weight excluding hydrogens is 336 g/mol. The maximum Gasteiger partial charge on any atom is 0.119 e. The van der Waals surface area contributed by atoms with Crippen molar-refractivity contribution in [3.05, 3.63) is 108 Å². The molecule has 1 N–H and O–H groups in total. The van der Waals surface area contributed by atoms with E-state index in [1.54, 1.807) is 6.08 Å². The van der Waals surface area contributed by atoms with E-state index in [-0.39, 0.29) is 6.61 Å². The van der Waals surface area contributed by atoms with Gasteiger partial charge in [-0.05, 0) is 28.8 Å². The van der Waals surface area contributed by atoms with E-state index >= 15 is 0 Å². The van der Waals surface area contributed by atoms with Crippen molar-refractivity contribution in [1.29, 1.82) is 0 Å². The molecule has 0 fully saturated rings. The number of rotatable bonds is 9. The van der Waals surface area contributed by atoms with Crippen molar-refractivity contribution in [2.45, 2.75) is 19.3 Å². The van der Waals surface area contributed by atoms with Crippen molar-refractivity contribution < 1.29 is 14.6 Å². The molecule has 3 rings (SSSR count). The molecule has 1 atom stereocenters. The van der Waals surface area contributed by atoms with Crippen molar-refractivity contribution >= 4 is 6.08 Å². The predicted octanol–water partition coefficient (Wildman–Crippen LogP) is 4.86. The van der Waals surface area contributed by atoms with Crippen LogP contribution >= 0.6 is 0 Å². The molecule has 3 nitrogen and oxygen atoms in total. The molecule has 0 saturated carbocycles. The highest BCUT2D eigenvalue weighted by atomic mass is 16.5. The second kappa shape index (κ2) is 10.3. The van der Waals surface area contributed by atoms with Gasteiger partial charge in [-0.15, -0.1) is 0 Å². The van der Waals surface area contributed by atoms with Crippen LogP contribution in [0.4, 0.5) is 0 Å². The second-order valence-electron chi connectivity index (χ2n) is 6.27. The average Bonchev–Trinajstić information content (AvgIpc) is 2.73. The normalized spacial score (nSPS) is 12.2. The molecule has 0 heterocycles. The Bertz CT molecular complexity index is 811. The van der Waals surface area contributed by atoms with E-state index in [9.17, 15) is 5.11 Å². The molecule has 0 spiro atoms. The summed E-state index contributed by atoms with van der Waals surface area (Å²) in [6, 6.07) is 27.8. The minimum atomic E-state index is -0.636. The van der Waals surface area contributed by atoms with Crippen molar-refractivity contribution in [2.75, 3.05) is 6.61 Å². The van der Waals surface area contributed by atoms with Crippen molar-refractivity contribution in [2.24, 2.45) is 0 Å². The summed E-state index contributed by atoms with van der Waals surface area (Å²) < 4.78 is 11.3. The minimum Gasteiger partial charge on any atom is -0.489 e. The van der Waals surface area contributed by atoms with Crippen LogP contribution in [0, 0.1) is 0 Å². The van der Waals surface area contributed by atoms with Crippen molar-refractivity contribution in [3.8, 4) is 5.75 Å².